The second-order valence-electron chi connectivity index (χ2n) is 9.38. The maximum Gasteiger partial charge on any atom is 0.279 e. The molecule has 3 heterocycles. The Morgan fingerprint density at radius 1 is 1.07 bits per heavy atom. The van der Waals surface area contributed by atoms with Gasteiger partial charge in [-0.1, -0.05) is 23.7 Å². The molecule has 0 radical (unpaired) electrons. The molecule has 0 spiro atoms. The highest BCUT2D eigenvalue weighted by molar-refractivity contribution is 6.30. The quantitative estimate of drug-likeness (QED) is 0.284. The Kier molecular flexibility index (Phi) is 8.37. The van der Waals surface area contributed by atoms with E-state index in [9.17, 15) is 14.0 Å². The van der Waals surface area contributed by atoms with Gasteiger partial charge in [-0.2, -0.15) is 0 Å². The molecule has 1 aliphatic heterocycles. The normalized spacial score (nSPS) is 13.6. The van der Waals surface area contributed by atoms with Gasteiger partial charge in [-0.05, 0) is 61.7 Å². The summed E-state index contributed by atoms with van der Waals surface area (Å²) in [6.45, 7) is 2.80. The van der Waals surface area contributed by atoms with E-state index in [1.54, 1.807) is 43.3 Å². The van der Waals surface area contributed by atoms with E-state index in [2.05, 4.69) is 20.6 Å². The summed E-state index contributed by atoms with van der Waals surface area (Å²) in [5, 5.41) is 6.50. The molecular weight excluding hydrogens is 537 g/mol. The number of halogens is 2. The molecule has 5 rings (SSSR count). The first-order valence-corrected chi connectivity index (χ1v) is 13.1. The number of nitrogens with zero attached hydrogens (tertiary/aromatic N) is 3. The van der Waals surface area contributed by atoms with Crippen molar-refractivity contribution < 1.29 is 18.7 Å². The molecule has 2 aromatic carbocycles. The minimum Gasteiger partial charge on any atom is -0.456 e. The number of pyridine rings is 1. The third-order valence-electron chi connectivity index (χ3n) is 6.50. The van der Waals surface area contributed by atoms with E-state index in [0.29, 0.717) is 48.2 Å². The second-order valence-corrected chi connectivity index (χ2v) is 9.82. The van der Waals surface area contributed by atoms with Crippen LogP contribution in [-0.4, -0.2) is 33.7 Å². The molecule has 1 aliphatic rings. The molecule has 0 atom stereocenters. The molecular formula is C29H27ClFN5O4. The molecule has 0 bridgehead atoms. The van der Waals surface area contributed by atoms with E-state index in [1.165, 1.54) is 23.0 Å². The first kappa shape index (κ1) is 27.3. The number of aromatic nitrogens is 3. The molecule has 1 saturated heterocycles. The van der Waals surface area contributed by atoms with Crippen molar-refractivity contribution in [2.45, 2.75) is 26.3 Å². The van der Waals surface area contributed by atoms with Gasteiger partial charge in [-0.25, -0.2) is 9.37 Å². The number of amides is 1. The van der Waals surface area contributed by atoms with E-state index in [0.717, 1.165) is 5.56 Å². The topological polar surface area (TPSA) is 107 Å². The molecule has 9 nitrogen and oxygen atoms in total. The van der Waals surface area contributed by atoms with Gasteiger partial charge in [0.2, 0.25) is 11.9 Å². The predicted molar refractivity (Wildman–Crippen MR) is 150 cm³/mol. The molecule has 2 N–H and O–H groups in total. The van der Waals surface area contributed by atoms with Crippen LogP contribution in [0.15, 0.2) is 71.8 Å². The highest BCUT2D eigenvalue weighted by atomic mass is 35.5. The highest BCUT2D eigenvalue weighted by Gasteiger charge is 2.23. The fourth-order valence-corrected chi connectivity index (χ4v) is 4.33. The Labute approximate surface area is 235 Å². The van der Waals surface area contributed by atoms with Gasteiger partial charge in [-0.3, -0.25) is 19.1 Å². The summed E-state index contributed by atoms with van der Waals surface area (Å²) in [6.07, 6.45) is 4.02. The van der Waals surface area contributed by atoms with Gasteiger partial charge in [0.15, 0.2) is 0 Å². The molecule has 40 heavy (non-hydrogen) atoms. The van der Waals surface area contributed by atoms with Crippen LogP contribution in [0.4, 0.5) is 21.7 Å². The van der Waals surface area contributed by atoms with Crippen LogP contribution in [0.25, 0.3) is 0 Å². The van der Waals surface area contributed by atoms with Crippen LogP contribution in [0, 0.1) is 18.7 Å². The van der Waals surface area contributed by atoms with Gasteiger partial charge in [0.05, 0.1) is 24.6 Å². The van der Waals surface area contributed by atoms with Crippen LogP contribution in [-0.2, 0) is 16.1 Å². The summed E-state index contributed by atoms with van der Waals surface area (Å²) in [4.78, 5) is 34.8. The summed E-state index contributed by atoms with van der Waals surface area (Å²) in [5.41, 5.74) is 1.45. The lowest BCUT2D eigenvalue weighted by molar-refractivity contribution is -0.122. The van der Waals surface area contributed by atoms with Crippen molar-refractivity contribution in [2.24, 2.45) is 5.92 Å². The lowest BCUT2D eigenvalue weighted by atomic mass is 9.99. The fraction of sp³-hybridized carbons (Fsp3) is 0.241. The van der Waals surface area contributed by atoms with Crippen molar-refractivity contribution in [3.05, 3.63) is 99.4 Å². The Morgan fingerprint density at radius 2 is 1.80 bits per heavy atom. The number of rotatable bonds is 8. The number of hydrogen-bond acceptors (Lipinski definition) is 7. The van der Waals surface area contributed by atoms with Gasteiger partial charge in [-0.15, -0.1) is 0 Å². The van der Waals surface area contributed by atoms with Crippen LogP contribution in [0.1, 0.15) is 24.1 Å². The minimum absolute atomic E-state index is 0.0960. The smallest absolute Gasteiger partial charge is 0.279 e. The summed E-state index contributed by atoms with van der Waals surface area (Å²) < 4.78 is 26.3. The summed E-state index contributed by atoms with van der Waals surface area (Å²) in [7, 11) is 0. The maximum atomic E-state index is 13.8. The number of carbonyl (C=O) groups is 1. The molecule has 206 valence electrons. The molecule has 2 aromatic heterocycles. The highest BCUT2D eigenvalue weighted by Crippen LogP contribution is 2.25. The third-order valence-corrected chi connectivity index (χ3v) is 6.75. The Hall–Kier alpha value is -4.28. The molecule has 0 saturated carbocycles. The summed E-state index contributed by atoms with van der Waals surface area (Å²) in [6, 6.07) is 15.3. The average molecular weight is 564 g/mol. The van der Waals surface area contributed by atoms with E-state index in [-0.39, 0.29) is 35.8 Å². The standard InChI is InChI=1S/C29H27ClFN5O4/c1-18-25(31)14-24(15-32-18)40-23-8-6-22(7-9-23)34-29-33-16-26(35-27(37)20-10-12-39-13-11-20)28(38)36(29)17-19-2-4-21(30)5-3-19/h2-9,14-16,20H,10-13,17H2,1H3,(H,33,34)(H,35,37). The largest absolute Gasteiger partial charge is 0.456 e. The molecule has 1 fully saturated rings. The van der Waals surface area contributed by atoms with E-state index >= 15 is 0 Å². The van der Waals surface area contributed by atoms with Crippen molar-refractivity contribution in [3.8, 4) is 11.5 Å². The second kappa shape index (κ2) is 12.3. The van der Waals surface area contributed by atoms with Crippen molar-refractivity contribution in [1.82, 2.24) is 14.5 Å². The molecule has 4 aromatic rings. The van der Waals surface area contributed by atoms with Crippen LogP contribution in [0.3, 0.4) is 0 Å². The van der Waals surface area contributed by atoms with Crippen LogP contribution in [0.2, 0.25) is 5.02 Å². The zero-order valence-corrected chi connectivity index (χ0v) is 22.5. The predicted octanol–water partition coefficient (Wildman–Crippen LogP) is 5.69. The van der Waals surface area contributed by atoms with Gasteiger partial charge in [0.25, 0.3) is 5.56 Å². The van der Waals surface area contributed by atoms with Gasteiger partial charge >= 0.3 is 0 Å². The zero-order chi connectivity index (χ0) is 28.1. The number of benzene rings is 2. The SMILES string of the molecule is Cc1ncc(Oc2ccc(Nc3ncc(NC(=O)C4CCOCC4)c(=O)n3Cc3ccc(Cl)cc3)cc2)cc1F. The number of anilines is 3. The van der Waals surface area contributed by atoms with E-state index in [4.69, 9.17) is 21.1 Å². The van der Waals surface area contributed by atoms with Gasteiger partial charge in [0, 0.05) is 35.9 Å². The summed E-state index contributed by atoms with van der Waals surface area (Å²) >= 11 is 6.04. The van der Waals surface area contributed by atoms with Crippen molar-refractivity contribution in [1.29, 1.82) is 0 Å². The lowest BCUT2D eigenvalue weighted by Gasteiger charge is -2.21. The third kappa shape index (κ3) is 6.64. The van der Waals surface area contributed by atoms with E-state index < -0.39 is 11.4 Å². The monoisotopic (exact) mass is 563 g/mol. The number of aryl methyl sites for hydroxylation is 1. The Balaban J connectivity index is 1.38. The fourth-order valence-electron chi connectivity index (χ4n) is 4.21. The number of carbonyl (C=O) groups excluding carboxylic acids is 1. The van der Waals surface area contributed by atoms with Crippen molar-refractivity contribution >= 4 is 34.8 Å². The first-order chi connectivity index (χ1) is 19.4. The Bertz CT molecular complexity index is 1550. The van der Waals surface area contributed by atoms with E-state index in [1.807, 2.05) is 12.1 Å². The maximum absolute atomic E-state index is 13.8. The lowest BCUT2D eigenvalue weighted by Crippen LogP contribution is -2.33. The number of ether oxygens (including phenoxy) is 2. The average Bonchev–Trinajstić information content (AvgIpc) is 2.96. The van der Waals surface area contributed by atoms with Crippen LogP contribution < -0.4 is 20.9 Å². The Morgan fingerprint density at radius 3 is 2.50 bits per heavy atom. The van der Waals surface area contributed by atoms with Crippen LogP contribution >= 0.6 is 11.6 Å². The number of nitrogens with one attached hydrogen (secondary N) is 2. The molecule has 0 aliphatic carbocycles. The van der Waals surface area contributed by atoms with Crippen LogP contribution in [0.5, 0.6) is 11.5 Å². The number of hydrogen-bond donors (Lipinski definition) is 2. The molecule has 1 amide bonds. The van der Waals surface area contributed by atoms with Crippen molar-refractivity contribution in [2.75, 3.05) is 23.8 Å². The summed E-state index contributed by atoms with van der Waals surface area (Å²) in [5.74, 6) is 0.146. The molecule has 0 unspecified atom stereocenters. The molecule has 11 heteroatoms. The first-order valence-electron chi connectivity index (χ1n) is 12.8. The zero-order valence-electron chi connectivity index (χ0n) is 21.7. The minimum atomic E-state index is -0.451. The van der Waals surface area contributed by atoms with Gasteiger partial charge < -0.3 is 20.1 Å². The van der Waals surface area contributed by atoms with Crippen molar-refractivity contribution in [3.63, 3.8) is 0 Å². The van der Waals surface area contributed by atoms with Gasteiger partial charge in [0.1, 0.15) is 23.0 Å².